The Morgan fingerprint density at radius 3 is 2.47 bits per heavy atom. The zero-order valence-electron chi connectivity index (χ0n) is 11.5. The van der Waals surface area contributed by atoms with Crippen LogP contribution in [0.3, 0.4) is 0 Å². The molecule has 0 aromatic carbocycles. The molecule has 1 aromatic rings. The fraction of sp³-hybridized carbons (Fsp3) is 0.538. The van der Waals surface area contributed by atoms with Crippen LogP contribution in [0, 0.1) is 6.92 Å². The normalized spacial score (nSPS) is 12.8. The average molecular weight is 269 g/mol. The summed E-state index contributed by atoms with van der Waals surface area (Å²) in [4.78, 5) is 22.5. The summed E-state index contributed by atoms with van der Waals surface area (Å²) in [5, 5.41) is 11.4. The highest BCUT2D eigenvalue weighted by Crippen LogP contribution is 2.20. The van der Waals surface area contributed by atoms with Crippen molar-refractivity contribution in [1.29, 1.82) is 0 Å². The standard InChI is InChI=1S/C13H19NO5/c1-8-5-6-10(18-8)9(7-11(15)16)14-12(17)19-13(2,3)4/h5-6,9H,7H2,1-4H3,(H,14,17)(H,15,16). The summed E-state index contributed by atoms with van der Waals surface area (Å²) in [5.41, 5.74) is -0.642. The molecule has 0 saturated heterocycles. The van der Waals surface area contributed by atoms with E-state index in [1.54, 1.807) is 39.8 Å². The van der Waals surface area contributed by atoms with Crippen molar-refractivity contribution in [3.8, 4) is 0 Å². The minimum atomic E-state index is -1.03. The zero-order valence-corrected chi connectivity index (χ0v) is 11.5. The number of carbonyl (C=O) groups is 2. The van der Waals surface area contributed by atoms with E-state index in [-0.39, 0.29) is 6.42 Å². The summed E-state index contributed by atoms with van der Waals surface area (Å²) >= 11 is 0. The van der Waals surface area contributed by atoms with Crippen molar-refractivity contribution in [2.24, 2.45) is 0 Å². The predicted molar refractivity (Wildman–Crippen MR) is 67.8 cm³/mol. The number of carboxylic acids is 1. The van der Waals surface area contributed by atoms with Gasteiger partial charge in [-0.05, 0) is 39.8 Å². The molecule has 19 heavy (non-hydrogen) atoms. The Balaban J connectivity index is 2.76. The van der Waals surface area contributed by atoms with Gasteiger partial charge < -0.3 is 19.6 Å². The molecule has 0 saturated carbocycles. The Labute approximate surface area is 111 Å². The fourth-order valence-corrected chi connectivity index (χ4v) is 1.49. The van der Waals surface area contributed by atoms with Crippen LogP contribution in [-0.2, 0) is 9.53 Å². The number of aliphatic carboxylic acids is 1. The average Bonchev–Trinajstić information content (AvgIpc) is 2.60. The maximum atomic E-state index is 11.7. The van der Waals surface area contributed by atoms with Gasteiger partial charge in [-0.3, -0.25) is 4.79 Å². The highest BCUT2D eigenvalue weighted by atomic mass is 16.6. The van der Waals surface area contributed by atoms with Crippen molar-refractivity contribution in [3.05, 3.63) is 23.7 Å². The molecule has 1 amide bonds. The van der Waals surface area contributed by atoms with Crippen molar-refractivity contribution in [2.75, 3.05) is 0 Å². The van der Waals surface area contributed by atoms with Crippen LogP contribution in [0.2, 0.25) is 0 Å². The molecule has 0 fully saturated rings. The molecule has 0 radical (unpaired) electrons. The number of furan rings is 1. The number of nitrogens with one attached hydrogen (secondary N) is 1. The highest BCUT2D eigenvalue weighted by Gasteiger charge is 2.24. The van der Waals surface area contributed by atoms with Crippen molar-refractivity contribution < 1.29 is 23.8 Å². The fourth-order valence-electron chi connectivity index (χ4n) is 1.49. The minimum Gasteiger partial charge on any atom is -0.481 e. The number of hydrogen-bond acceptors (Lipinski definition) is 4. The second-order valence-corrected chi connectivity index (χ2v) is 5.25. The number of amides is 1. The molecule has 6 nitrogen and oxygen atoms in total. The lowest BCUT2D eigenvalue weighted by Gasteiger charge is -2.22. The lowest BCUT2D eigenvalue weighted by molar-refractivity contribution is -0.137. The maximum Gasteiger partial charge on any atom is 0.408 e. The van der Waals surface area contributed by atoms with E-state index in [4.69, 9.17) is 14.3 Å². The largest absolute Gasteiger partial charge is 0.481 e. The first-order chi connectivity index (χ1) is 8.67. The summed E-state index contributed by atoms with van der Waals surface area (Å²) < 4.78 is 10.4. The molecule has 0 bridgehead atoms. The highest BCUT2D eigenvalue weighted by molar-refractivity contribution is 5.71. The number of hydrogen-bond donors (Lipinski definition) is 2. The van der Waals surface area contributed by atoms with Crippen molar-refractivity contribution in [1.82, 2.24) is 5.32 Å². The molecule has 0 aliphatic carbocycles. The summed E-state index contributed by atoms with van der Waals surface area (Å²) in [6.45, 7) is 6.94. The van der Waals surface area contributed by atoms with Gasteiger partial charge in [0, 0.05) is 0 Å². The van der Waals surface area contributed by atoms with Gasteiger partial charge in [0.25, 0.3) is 0 Å². The molecule has 1 rings (SSSR count). The lowest BCUT2D eigenvalue weighted by Crippen LogP contribution is -2.35. The van der Waals surface area contributed by atoms with Crippen LogP contribution in [0.25, 0.3) is 0 Å². The molecule has 1 heterocycles. The molecule has 1 unspecified atom stereocenters. The van der Waals surface area contributed by atoms with Crippen LogP contribution in [0.1, 0.15) is 44.8 Å². The van der Waals surface area contributed by atoms with Gasteiger partial charge in [0.05, 0.1) is 6.42 Å². The molecule has 0 aliphatic heterocycles. The summed E-state index contributed by atoms with van der Waals surface area (Å²) in [7, 11) is 0. The van der Waals surface area contributed by atoms with Crippen LogP contribution in [0.15, 0.2) is 16.5 Å². The van der Waals surface area contributed by atoms with Gasteiger partial charge in [-0.15, -0.1) is 0 Å². The third-order valence-electron chi connectivity index (χ3n) is 2.17. The van der Waals surface area contributed by atoms with Gasteiger partial charge >= 0.3 is 12.1 Å². The Hall–Kier alpha value is -1.98. The minimum absolute atomic E-state index is 0.272. The van der Waals surface area contributed by atoms with Crippen LogP contribution in [0.5, 0.6) is 0 Å². The first-order valence-corrected chi connectivity index (χ1v) is 5.95. The second kappa shape index (κ2) is 5.77. The van der Waals surface area contributed by atoms with E-state index in [9.17, 15) is 9.59 Å². The Kier molecular flexibility index (Phi) is 4.58. The Bertz CT molecular complexity index is 458. The second-order valence-electron chi connectivity index (χ2n) is 5.25. The molecule has 6 heteroatoms. The van der Waals surface area contributed by atoms with E-state index in [1.807, 2.05) is 0 Å². The molecule has 0 aliphatic rings. The van der Waals surface area contributed by atoms with Gasteiger partial charge in [0.1, 0.15) is 23.2 Å². The van der Waals surface area contributed by atoms with Gasteiger partial charge in [-0.1, -0.05) is 0 Å². The van der Waals surface area contributed by atoms with Crippen molar-refractivity contribution in [3.63, 3.8) is 0 Å². The first-order valence-electron chi connectivity index (χ1n) is 5.95. The molecule has 106 valence electrons. The quantitative estimate of drug-likeness (QED) is 0.877. The number of alkyl carbamates (subject to hydrolysis) is 1. The first kappa shape index (κ1) is 15.1. The lowest BCUT2D eigenvalue weighted by atomic mass is 10.1. The SMILES string of the molecule is Cc1ccc(C(CC(=O)O)NC(=O)OC(C)(C)C)o1. The van der Waals surface area contributed by atoms with Crippen LogP contribution in [-0.4, -0.2) is 22.8 Å². The van der Waals surface area contributed by atoms with Crippen LogP contribution in [0.4, 0.5) is 4.79 Å². The van der Waals surface area contributed by atoms with E-state index < -0.39 is 23.7 Å². The Morgan fingerprint density at radius 1 is 1.42 bits per heavy atom. The van der Waals surface area contributed by atoms with Crippen molar-refractivity contribution in [2.45, 2.75) is 45.8 Å². The molecule has 0 spiro atoms. The van der Waals surface area contributed by atoms with E-state index in [1.165, 1.54) is 0 Å². The van der Waals surface area contributed by atoms with Gasteiger partial charge in [-0.25, -0.2) is 4.79 Å². The maximum absolute atomic E-state index is 11.7. The summed E-state index contributed by atoms with van der Waals surface area (Å²) in [6, 6.07) is 2.60. The van der Waals surface area contributed by atoms with E-state index in [2.05, 4.69) is 5.32 Å². The smallest absolute Gasteiger partial charge is 0.408 e. The number of ether oxygens (including phenoxy) is 1. The molecule has 1 aromatic heterocycles. The third kappa shape index (κ3) is 5.46. The van der Waals surface area contributed by atoms with Crippen molar-refractivity contribution >= 4 is 12.1 Å². The van der Waals surface area contributed by atoms with Gasteiger partial charge in [0.15, 0.2) is 0 Å². The molecule has 1 atom stereocenters. The topological polar surface area (TPSA) is 88.8 Å². The van der Waals surface area contributed by atoms with E-state index in [0.717, 1.165) is 0 Å². The predicted octanol–water partition coefficient (Wildman–Crippen LogP) is 2.63. The number of rotatable bonds is 4. The number of aryl methyl sites for hydroxylation is 1. The molecule has 2 N–H and O–H groups in total. The van der Waals surface area contributed by atoms with Crippen LogP contribution < -0.4 is 5.32 Å². The zero-order chi connectivity index (χ0) is 14.6. The third-order valence-corrected chi connectivity index (χ3v) is 2.17. The van der Waals surface area contributed by atoms with Gasteiger partial charge in [0.2, 0.25) is 0 Å². The van der Waals surface area contributed by atoms with Gasteiger partial charge in [-0.2, -0.15) is 0 Å². The van der Waals surface area contributed by atoms with E-state index >= 15 is 0 Å². The monoisotopic (exact) mass is 269 g/mol. The van der Waals surface area contributed by atoms with E-state index in [0.29, 0.717) is 11.5 Å². The molecular formula is C13H19NO5. The summed E-state index contributed by atoms with van der Waals surface area (Å²) in [6.07, 6.45) is -0.945. The number of carbonyl (C=O) groups excluding carboxylic acids is 1. The molecular weight excluding hydrogens is 250 g/mol. The number of carboxylic acid groups (broad SMARTS) is 1. The Morgan fingerprint density at radius 2 is 2.05 bits per heavy atom. The van der Waals surface area contributed by atoms with Crippen LogP contribution >= 0.6 is 0 Å². The summed E-state index contributed by atoms with van der Waals surface area (Å²) in [5.74, 6) is 0.0113.